The molecular formula is C20H19N3O3. The molecule has 0 aliphatic carbocycles. The van der Waals surface area contributed by atoms with Gasteiger partial charge in [-0.15, -0.1) is 0 Å². The van der Waals surface area contributed by atoms with E-state index in [9.17, 15) is 14.7 Å². The Labute approximate surface area is 150 Å². The molecule has 0 saturated carbocycles. The van der Waals surface area contributed by atoms with Crippen LogP contribution in [0.2, 0.25) is 0 Å². The van der Waals surface area contributed by atoms with E-state index < -0.39 is 0 Å². The molecule has 3 aromatic rings. The first-order chi connectivity index (χ1) is 12.7. The Balaban J connectivity index is 1.80. The summed E-state index contributed by atoms with van der Waals surface area (Å²) in [5, 5.41) is 12.6. The van der Waals surface area contributed by atoms with E-state index in [2.05, 4.69) is 10.3 Å². The number of rotatable bonds is 5. The number of carbonyl (C=O) groups excluding carboxylic acids is 1. The smallest absolute Gasteiger partial charge is 0.261 e. The molecule has 1 aromatic heterocycles. The number of hydrogen-bond donors (Lipinski definition) is 2. The van der Waals surface area contributed by atoms with E-state index in [0.29, 0.717) is 36.1 Å². The summed E-state index contributed by atoms with van der Waals surface area (Å²) >= 11 is 0. The second kappa shape index (κ2) is 6.72. The molecule has 2 heterocycles. The van der Waals surface area contributed by atoms with Crippen molar-refractivity contribution in [1.82, 2.24) is 9.55 Å². The summed E-state index contributed by atoms with van der Waals surface area (Å²) in [6, 6.07) is 14.8. The van der Waals surface area contributed by atoms with Crippen LogP contribution in [0.1, 0.15) is 23.7 Å². The lowest BCUT2D eigenvalue weighted by molar-refractivity contribution is -0.117. The second-order valence-electron chi connectivity index (χ2n) is 6.41. The molecule has 1 aliphatic heterocycles. The summed E-state index contributed by atoms with van der Waals surface area (Å²) < 4.78 is 1.59. The molecule has 2 aromatic carbocycles. The number of fused-ring (bicyclic) bond motifs is 2. The Hall–Kier alpha value is -2.99. The fourth-order valence-corrected chi connectivity index (χ4v) is 3.49. The van der Waals surface area contributed by atoms with Gasteiger partial charge in [0.25, 0.3) is 5.56 Å². The Morgan fingerprint density at radius 1 is 1.08 bits per heavy atom. The van der Waals surface area contributed by atoms with E-state index in [1.54, 1.807) is 16.7 Å². The monoisotopic (exact) mass is 349 g/mol. The molecule has 0 unspecified atom stereocenters. The third-order valence-corrected chi connectivity index (χ3v) is 4.78. The molecule has 0 saturated heterocycles. The van der Waals surface area contributed by atoms with Gasteiger partial charge in [-0.1, -0.05) is 30.3 Å². The normalized spacial score (nSPS) is 15.9. The molecule has 6 heteroatoms. The minimum Gasteiger partial charge on any atom is -0.396 e. The van der Waals surface area contributed by atoms with Crippen LogP contribution in [0.5, 0.6) is 0 Å². The van der Waals surface area contributed by atoms with Crippen molar-refractivity contribution in [1.29, 1.82) is 0 Å². The van der Waals surface area contributed by atoms with Gasteiger partial charge in [-0.25, -0.2) is 4.98 Å². The first-order valence-electron chi connectivity index (χ1n) is 8.68. The Kier molecular flexibility index (Phi) is 4.26. The standard InChI is InChI=1S/C20H19N3O3/c24-11-5-10-23-18(21-17-9-4-2-7-14(17)20(23)26)12-15-13-6-1-3-8-16(13)22-19(15)25/h1-4,6-9,15,24H,5,10-12H2,(H,22,25)/t15-/m1/s1. The van der Waals surface area contributed by atoms with Gasteiger partial charge in [-0.3, -0.25) is 14.2 Å². The van der Waals surface area contributed by atoms with E-state index in [-0.39, 0.29) is 24.0 Å². The highest BCUT2D eigenvalue weighted by molar-refractivity contribution is 6.03. The number of aliphatic hydroxyl groups is 1. The van der Waals surface area contributed by atoms with Crippen LogP contribution in [-0.4, -0.2) is 27.2 Å². The van der Waals surface area contributed by atoms with Crippen molar-refractivity contribution in [2.45, 2.75) is 25.3 Å². The van der Waals surface area contributed by atoms with Gasteiger partial charge in [-0.2, -0.15) is 0 Å². The van der Waals surface area contributed by atoms with Crippen LogP contribution in [0.4, 0.5) is 5.69 Å². The molecule has 0 bridgehead atoms. The predicted octanol–water partition coefficient (Wildman–Crippen LogP) is 2.06. The van der Waals surface area contributed by atoms with Gasteiger partial charge in [0.05, 0.1) is 16.8 Å². The average molecular weight is 349 g/mol. The highest BCUT2D eigenvalue weighted by Gasteiger charge is 2.31. The van der Waals surface area contributed by atoms with Crippen molar-refractivity contribution in [3.05, 3.63) is 70.3 Å². The largest absolute Gasteiger partial charge is 0.396 e. The van der Waals surface area contributed by atoms with Crippen LogP contribution in [0.3, 0.4) is 0 Å². The Bertz CT molecular complexity index is 1040. The zero-order valence-electron chi connectivity index (χ0n) is 14.2. The number of hydrogen-bond acceptors (Lipinski definition) is 4. The first-order valence-corrected chi connectivity index (χ1v) is 8.68. The molecule has 1 amide bonds. The van der Waals surface area contributed by atoms with Gasteiger partial charge in [-0.05, 0) is 30.2 Å². The Morgan fingerprint density at radius 3 is 2.69 bits per heavy atom. The van der Waals surface area contributed by atoms with Gasteiger partial charge in [0.2, 0.25) is 5.91 Å². The van der Waals surface area contributed by atoms with Gasteiger partial charge in [0.15, 0.2) is 0 Å². The number of aromatic nitrogens is 2. The summed E-state index contributed by atoms with van der Waals surface area (Å²) in [7, 11) is 0. The zero-order chi connectivity index (χ0) is 18.1. The quantitative estimate of drug-likeness (QED) is 0.738. The van der Waals surface area contributed by atoms with Crippen LogP contribution in [0.15, 0.2) is 53.3 Å². The van der Waals surface area contributed by atoms with Crippen LogP contribution < -0.4 is 10.9 Å². The van der Waals surface area contributed by atoms with E-state index in [1.165, 1.54) is 0 Å². The van der Waals surface area contributed by atoms with Crippen molar-refractivity contribution in [3.63, 3.8) is 0 Å². The van der Waals surface area contributed by atoms with Crippen LogP contribution >= 0.6 is 0 Å². The Morgan fingerprint density at radius 2 is 1.85 bits per heavy atom. The van der Waals surface area contributed by atoms with Crippen LogP contribution in [-0.2, 0) is 17.8 Å². The first kappa shape index (κ1) is 16.5. The fourth-order valence-electron chi connectivity index (χ4n) is 3.49. The number of carbonyl (C=O) groups is 1. The van der Waals surface area contributed by atoms with Crippen molar-refractivity contribution >= 4 is 22.5 Å². The number of para-hydroxylation sites is 2. The third-order valence-electron chi connectivity index (χ3n) is 4.78. The molecule has 0 spiro atoms. The SMILES string of the molecule is O=C1Nc2ccccc2[C@H]1Cc1nc2ccccc2c(=O)n1CCCO. The maximum Gasteiger partial charge on any atom is 0.261 e. The third kappa shape index (κ3) is 2.78. The molecule has 6 nitrogen and oxygen atoms in total. The van der Waals surface area contributed by atoms with E-state index in [4.69, 9.17) is 0 Å². The minimum absolute atomic E-state index is 0.00848. The van der Waals surface area contributed by atoms with Gasteiger partial charge in [0, 0.05) is 25.3 Å². The molecule has 1 atom stereocenters. The minimum atomic E-state index is -0.375. The average Bonchev–Trinajstić information content (AvgIpc) is 2.97. The number of amides is 1. The molecule has 1 aliphatic rings. The topological polar surface area (TPSA) is 84.2 Å². The van der Waals surface area contributed by atoms with Crippen LogP contribution in [0, 0.1) is 0 Å². The van der Waals surface area contributed by atoms with E-state index in [0.717, 1.165) is 11.3 Å². The van der Waals surface area contributed by atoms with Crippen molar-refractivity contribution in [3.8, 4) is 0 Å². The highest BCUT2D eigenvalue weighted by atomic mass is 16.3. The zero-order valence-corrected chi connectivity index (χ0v) is 14.2. The second-order valence-corrected chi connectivity index (χ2v) is 6.41. The fraction of sp³-hybridized carbons (Fsp3) is 0.250. The maximum absolute atomic E-state index is 12.9. The molecule has 0 radical (unpaired) electrons. The van der Waals surface area contributed by atoms with Crippen molar-refractivity contribution in [2.75, 3.05) is 11.9 Å². The number of anilines is 1. The van der Waals surface area contributed by atoms with Gasteiger partial charge in [0.1, 0.15) is 5.82 Å². The molecule has 132 valence electrons. The number of nitrogens with one attached hydrogen (secondary N) is 1. The summed E-state index contributed by atoms with van der Waals surface area (Å²) in [6.07, 6.45) is 0.800. The molecule has 26 heavy (non-hydrogen) atoms. The van der Waals surface area contributed by atoms with Gasteiger partial charge >= 0.3 is 0 Å². The predicted molar refractivity (Wildman–Crippen MR) is 99.2 cm³/mol. The van der Waals surface area contributed by atoms with Crippen LogP contribution in [0.25, 0.3) is 10.9 Å². The number of benzene rings is 2. The van der Waals surface area contributed by atoms with Crippen molar-refractivity contribution in [2.24, 2.45) is 0 Å². The van der Waals surface area contributed by atoms with Gasteiger partial charge < -0.3 is 10.4 Å². The lowest BCUT2D eigenvalue weighted by Gasteiger charge is -2.15. The van der Waals surface area contributed by atoms with Crippen molar-refractivity contribution < 1.29 is 9.90 Å². The molecule has 4 rings (SSSR count). The highest BCUT2D eigenvalue weighted by Crippen LogP contribution is 2.34. The summed E-state index contributed by atoms with van der Waals surface area (Å²) in [4.78, 5) is 30.0. The number of aliphatic hydroxyl groups excluding tert-OH is 1. The summed E-state index contributed by atoms with van der Waals surface area (Å²) in [6.45, 7) is 0.365. The number of nitrogens with zero attached hydrogens (tertiary/aromatic N) is 2. The lowest BCUT2D eigenvalue weighted by atomic mass is 9.96. The molecule has 0 fully saturated rings. The lowest BCUT2D eigenvalue weighted by Crippen LogP contribution is -2.28. The summed E-state index contributed by atoms with van der Waals surface area (Å²) in [5.74, 6) is 0.112. The molecular weight excluding hydrogens is 330 g/mol. The maximum atomic E-state index is 12.9. The van der Waals surface area contributed by atoms with E-state index in [1.807, 2.05) is 36.4 Å². The molecule has 2 N–H and O–H groups in total. The van der Waals surface area contributed by atoms with E-state index >= 15 is 0 Å². The summed E-state index contributed by atoms with van der Waals surface area (Å²) in [5.41, 5.74) is 2.23.